The Morgan fingerprint density at radius 3 is 2.61 bits per heavy atom. The van der Waals surface area contributed by atoms with E-state index < -0.39 is 0 Å². The monoisotopic (exact) mass is 411 g/mol. The van der Waals surface area contributed by atoms with Crippen LogP contribution in [0.2, 0.25) is 0 Å². The van der Waals surface area contributed by atoms with Crippen LogP contribution in [0.25, 0.3) is 11.3 Å². The van der Waals surface area contributed by atoms with E-state index in [1.54, 1.807) is 6.07 Å². The van der Waals surface area contributed by atoms with E-state index in [1.165, 1.54) is 6.07 Å². The van der Waals surface area contributed by atoms with Gasteiger partial charge >= 0.3 is 0 Å². The molecular formula is C26H22FN3O. The second-order valence-electron chi connectivity index (χ2n) is 7.73. The Hall–Kier alpha value is -3.57. The van der Waals surface area contributed by atoms with Crippen molar-refractivity contribution in [2.45, 2.75) is 18.8 Å². The third kappa shape index (κ3) is 3.80. The molecule has 4 aromatic rings. The zero-order valence-electron chi connectivity index (χ0n) is 16.9. The Morgan fingerprint density at radius 1 is 0.968 bits per heavy atom. The molecular weight excluding hydrogens is 389 g/mol. The van der Waals surface area contributed by atoms with Crippen molar-refractivity contribution in [1.82, 2.24) is 9.97 Å². The van der Waals surface area contributed by atoms with Crippen LogP contribution in [0, 0.1) is 5.82 Å². The number of fused-ring (bicyclic) bond motifs is 3. The van der Waals surface area contributed by atoms with Crippen LogP contribution in [0.4, 0.5) is 16.0 Å². The van der Waals surface area contributed by atoms with Crippen molar-refractivity contribution < 1.29 is 9.50 Å². The minimum Gasteiger partial charge on any atom is -0.396 e. The summed E-state index contributed by atoms with van der Waals surface area (Å²) in [5, 5.41) is 12.4. The number of rotatable bonds is 5. The van der Waals surface area contributed by atoms with E-state index in [9.17, 15) is 9.50 Å². The van der Waals surface area contributed by atoms with Crippen LogP contribution in [0.15, 0.2) is 79.0 Å². The van der Waals surface area contributed by atoms with Crippen LogP contribution in [-0.4, -0.2) is 21.7 Å². The number of hydrogen-bond donors (Lipinski definition) is 2. The molecule has 31 heavy (non-hydrogen) atoms. The van der Waals surface area contributed by atoms with E-state index in [0.717, 1.165) is 33.6 Å². The molecule has 1 aliphatic rings. The van der Waals surface area contributed by atoms with Crippen LogP contribution >= 0.6 is 0 Å². The number of halogens is 1. The van der Waals surface area contributed by atoms with Crippen LogP contribution in [-0.2, 0) is 12.8 Å². The zero-order valence-corrected chi connectivity index (χ0v) is 16.9. The summed E-state index contributed by atoms with van der Waals surface area (Å²) in [5.74, 6) is 0.259. The second-order valence-corrected chi connectivity index (χ2v) is 7.73. The fourth-order valence-electron chi connectivity index (χ4n) is 4.29. The maximum atomic E-state index is 14.6. The summed E-state index contributed by atoms with van der Waals surface area (Å²) in [6, 6.07) is 22.9. The minimum atomic E-state index is -0.187. The maximum Gasteiger partial charge on any atom is 0.227 e. The van der Waals surface area contributed by atoms with Crippen molar-refractivity contribution >= 4 is 11.6 Å². The van der Waals surface area contributed by atoms with Crippen LogP contribution < -0.4 is 5.32 Å². The Morgan fingerprint density at radius 2 is 1.77 bits per heavy atom. The molecule has 0 amide bonds. The van der Waals surface area contributed by atoms with Crippen molar-refractivity contribution in [1.29, 1.82) is 0 Å². The fourth-order valence-corrected chi connectivity index (χ4v) is 4.29. The first kappa shape index (κ1) is 19.4. The summed E-state index contributed by atoms with van der Waals surface area (Å²) in [7, 11) is 0. The number of aliphatic hydroxyl groups excluding tert-OH is 1. The number of aliphatic hydroxyl groups is 1. The lowest BCUT2D eigenvalue weighted by atomic mass is 9.78. The van der Waals surface area contributed by atoms with Gasteiger partial charge in [0.25, 0.3) is 0 Å². The third-order valence-electron chi connectivity index (χ3n) is 5.74. The topological polar surface area (TPSA) is 58.0 Å². The molecule has 1 aliphatic carbocycles. The van der Waals surface area contributed by atoms with E-state index in [-0.39, 0.29) is 18.3 Å². The number of aromatic nitrogens is 2. The summed E-state index contributed by atoms with van der Waals surface area (Å²) < 4.78 is 14.6. The molecule has 154 valence electrons. The summed E-state index contributed by atoms with van der Waals surface area (Å²) in [4.78, 5) is 9.33. The van der Waals surface area contributed by atoms with Gasteiger partial charge in [-0.25, -0.2) is 14.4 Å². The van der Waals surface area contributed by atoms with Gasteiger partial charge in [0.2, 0.25) is 5.95 Å². The highest BCUT2D eigenvalue weighted by Gasteiger charge is 2.28. The summed E-state index contributed by atoms with van der Waals surface area (Å²) >= 11 is 0. The highest BCUT2D eigenvalue weighted by atomic mass is 19.1. The van der Waals surface area contributed by atoms with Gasteiger partial charge in [0, 0.05) is 30.0 Å². The van der Waals surface area contributed by atoms with Gasteiger partial charge in [-0.1, -0.05) is 54.6 Å². The van der Waals surface area contributed by atoms with Crippen molar-refractivity contribution in [2.24, 2.45) is 0 Å². The van der Waals surface area contributed by atoms with Gasteiger partial charge in [0.05, 0.1) is 5.69 Å². The molecule has 0 bridgehead atoms. The summed E-state index contributed by atoms with van der Waals surface area (Å²) in [5.41, 5.74) is 6.59. The Kier molecular flexibility index (Phi) is 5.18. The molecule has 0 saturated carbocycles. The van der Waals surface area contributed by atoms with Crippen molar-refractivity contribution in [2.75, 3.05) is 11.9 Å². The lowest BCUT2D eigenvalue weighted by Crippen LogP contribution is -2.16. The molecule has 0 fully saturated rings. The quantitative estimate of drug-likeness (QED) is 0.471. The molecule has 5 rings (SSSR count). The SMILES string of the molecule is OCCc1cccc(Nc2ncc3c(n2)-c2ccccc2C(c2ccccc2F)C3)c1. The van der Waals surface area contributed by atoms with E-state index in [0.29, 0.717) is 24.4 Å². The molecule has 2 N–H and O–H groups in total. The third-order valence-corrected chi connectivity index (χ3v) is 5.74. The molecule has 1 atom stereocenters. The van der Waals surface area contributed by atoms with E-state index in [4.69, 9.17) is 4.98 Å². The number of nitrogens with zero attached hydrogens (tertiary/aromatic N) is 2. The molecule has 0 radical (unpaired) electrons. The first-order chi connectivity index (χ1) is 15.2. The Bertz CT molecular complexity index is 1240. The molecule has 1 unspecified atom stereocenters. The largest absolute Gasteiger partial charge is 0.396 e. The first-order valence-electron chi connectivity index (χ1n) is 10.4. The molecule has 1 heterocycles. The Balaban J connectivity index is 1.52. The van der Waals surface area contributed by atoms with Crippen molar-refractivity contribution in [3.05, 3.63) is 107 Å². The highest BCUT2D eigenvalue weighted by molar-refractivity contribution is 5.73. The maximum absolute atomic E-state index is 14.6. The zero-order chi connectivity index (χ0) is 21.2. The molecule has 0 spiro atoms. The van der Waals surface area contributed by atoms with Crippen molar-refractivity contribution in [3.8, 4) is 11.3 Å². The van der Waals surface area contributed by atoms with E-state index in [2.05, 4.69) is 16.4 Å². The molecule has 3 aromatic carbocycles. The van der Waals surface area contributed by atoms with E-state index in [1.807, 2.05) is 60.8 Å². The number of nitrogens with one attached hydrogen (secondary N) is 1. The number of anilines is 2. The molecule has 4 nitrogen and oxygen atoms in total. The van der Waals surface area contributed by atoms with Crippen LogP contribution in [0.5, 0.6) is 0 Å². The molecule has 5 heteroatoms. The van der Waals surface area contributed by atoms with Gasteiger partial charge in [-0.3, -0.25) is 0 Å². The normalized spacial score (nSPS) is 14.6. The number of hydrogen-bond acceptors (Lipinski definition) is 4. The van der Waals surface area contributed by atoms with Crippen LogP contribution in [0.3, 0.4) is 0 Å². The van der Waals surface area contributed by atoms with Gasteiger partial charge in [-0.15, -0.1) is 0 Å². The van der Waals surface area contributed by atoms with Gasteiger partial charge in [-0.2, -0.15) is 0 Å². The molecule has 1 aromatic heterocycles. The van der Waals surface area contributed by atoms with Gasteiger partial charge in [0.1, 0.15) is 5.82 Å². The minimum absolute atomic E-state index is 0.0672. The standard InChI is InChI=1S/C26H22FN3O/c27-24-11-4-3-9-21(24)23-15-18-16-28-26(29-19-7-5-6-17(14-19)12-13-31)30-25(18)22-10-2-1-8-20(22)23/h1-11,14,16,23,31H,12-13,15H2,(H,28,29,30). The first-order valence-corrected chi connectivity index (χ1v) is 10.4. The predicted octanol–water partition coefficient (Wildman–Crippen LogP) is 5.25. The highest BCUT2D eigenvalue weighted by Crippen LogP contribution is 2.42. The second kappa shape index (κ2) is 8.28. The average molecular weight is 411 g/mol. The molecule has 0 aliphatic heterocycles. The predicted molar refractivity (Wildman–Crippen MR) is 120 cm³/mol. The summed E-state index contributed by atoms with van der Waals surface area (Å²) in [6.07, 6.45) is 3.09. The number of benzene rings is 3. The van der Waals surface area contributed by atoms with Gasteiger partial charge in [0.15, 0.2) is 0 Å². The van der Waals surface area contributed by atoms with Gasteiger partial charge in [-0.05, 0) is 53.3 Å². The van der Waals surface area contributed by atoms with Crippen molar-refractivity contribution in [3.63, 3.8) is 0 Å². The lowest BCUT2D eigenvalue weighted by molar-refractivity contribution is 0.299. The molecule has 0 saturated heterocycles. The van der Waals surface area contributed by atoms with E-state index >= 15 is 0 Å². The summed E-state index contributed by atoms with van der Waals surface area (Å²) in [6.45, 7) is 0.110. The lowest BCUT2D eigenvalue weighted by Gasteiger charge is -2.27. The smallest absolute Gasteiger partial charge is 0.227 e. The Labute approximate surface area is 180 Å². The van der Waals surface area contributed by atoms with Gasteiger partial charge < -0.3 is 10.4 Å². The fraction of sp³-hybridized carbons (Fsp3) is 0.154. The average Bonchev–Trinajstić information content (AvgIpc) is 2.80. The van der Waals surface area contributed by atoms with Crippen LogP contribution in [0.1, 0.15) is 28.2 Å².